The Labute approximate surface area is 157 Å². The van der Waals surface area contributed by atoms with E-state index in [0.717, 1.165) is 0 Å². The fourth-order valence-electron chi connectivity index (χ4n) is 3.05. The Bertz CT molecular complexity index is 1060. The smallest absolute Gasteiger partial charge is 0.280 e. The fourth-order valence-corrected chi connectivity index (χ4v) is 3.05. The first-order chi connectivity index (χ1) is 13.5. The van der Waals surface area contributed by atoms with E-state index in [1.165, 1.54) is 10.9 Å². The minimum Gasteiger partial charge on any atom is -0.394 e. The molecule has 4 rings (SSSR count). The lowest BCUT2D eigenvalue weighted by Crippen LogP contribution is -2.33. The zero-order valence-electron chi connectivity index (χ0n) is 14.4. The third-order valence-electron chi connectivity index (χ3n) is 4.49. The van der Waals surface area contributed by atoms with Gasteiger partial charge in [0.05, 0.1) is 12.9 Å². The van der Waals surface area contributed by atoms with Crippen molar-refractivity contribution in [1.29, 1.82) is 0 Å². The number of fused-ring (bicyclic) bond motifs is 1. The Balaban J connectivity index is 1.69. The van der Waals surface area contributed by atoms with Gasteiger partial charge >= 0.3 is 0 Å². The number of nitrogens with zero attached hydrogens (tertiary/aromatic N) is 3. The van der Waals surface area contributed by atoms with E-state index < -0.39 is 42.6 Å². The molecule has 11 heteroatoms. The number of hydrogen-bond donors (Lipinski definition) is 5. The number of benzene rings is 1. The maximum Gasteiger partial charge on any atom is 0.280 e. The van der Waals surface area contributed by atoms with Crippen LogP contribution in [-0.4, -0.2) is 65.7 Å². The van der Waals surface area contributed by atoms with Crippen LogP contribution in [0.5, 0.6) is 0 Å². The van der Waals surface area contributed by atoms with Gasteiger partial charge in [-0.3, -0.25) is 24.5 Å². The van der Waals surface area contributed by atoms with E-state index in [0.29, 0.717) is 5.56 Å². The van der Waals surface area contributed by atoms with Crippen molar-refractivity contribution < 1.29 is 24.9 Å². The van der Waals surface area contributed by atoms with Crippen LogP contribution in [0.25, 0.3) is 11.2 Å². The SMILES string of the molecule is O=C(Nc1nc2c(ncn2[C@H]2O[C@H](CO)[C@H](O)[C@H]2O)c(=O)[nH]1)c1ccccc1. The maximum atomic E-state index is 12.3. The lowest BCUT2D eigenvalue weighted by atomic mass is 10.1. The molecule has 1 fully saturated rings. The van der Waals surface area contributed by atoms with Crippen molar-refractivity contribution in [1.82, 2.24) is 19.5 Å². The van der Waals surface area contributed by atoms with Crippen molar-refractivity contribution in [3.63, 3.8) is 0 Å². The van der Waals surface area contributed by atoms with Crippen LogP contribution in [0.3, 0.4) is 0 Å². The number of H-pyrrole nitrogens is 1. The van der Waals surface area contributed by atoms with Gasteiger partial charge in [-0.15, -0.1) is 0 Å². The number of aliphatic hydroxyl groups is 3. The highest BCUT2D eigenvalue weighted by molar-refractivity contribution is 6.03. The number of aromatic amines is 1. The second-order valence-electron chi connectivity index (χ2n) is 6.29. The highest BCUT2D eigenvalue weighted by Gasteiger charge is 2.44. The molecular formula is C17H17N5O6. The van der Waals surface area contributed by atoms with Gasteiger partial charge in [-0.25, -0.2) is 4.98 Å². The molecule has 11 nitrogen and oxygen atoms in total. The first kappa shape index (κ1) is 18.3. The molecule has 0 saturated carbocycles. The molecular weight excluding hydrogens is 370 g/mol. The van der Waals surface area contributed by atoms with Gasteiger partial charge in [-0.2, -0.15) is 4.98 Å². The standard InChI is InChI=1S/C17H17N5O6/c23-6-9-11(24)12(25)16(28-9)22-7-18-10-13(22)19-17(21-15(10)27)20-14(26)8-4-2-1-3-5-8/h1-5,7,9,11-12,16,23-25H,6H2,(H2,19,20,21,26,27)/t9-,11+,12-,16+/m1/s1. The van der Waals surface area contributed by atoms with Crippen molar-refractivity contribution in [2.75, 3.05) is 11.9 Å². The molecule has 2 aromatic heterocycles. The van der Waals surface area contributed by atoms with Gasteiger partial charge in [-0.05, 0) is 12.1 Å². The monoisotopic (exact) mass is 387 g/mol. The highest BCUT2D eigenvalue weighted by Crippen LogP contribution is 2.30. The van der Waals surface area contributed by atoms with Crippen LogP contribution < -0.4 is 10.9 Å². The molecule has 1 aromatic carbocycles. The molecule has 1 aliphatic rings. The number of rotatable bonds is 4. The van der Waals surface area contributed by atoms with E-state index in [1.54, 1.807) is 30.3 Å². The summed E-state index contributed by atoms with van der Waals surface area (Å²) < 4.78 is 6.72. The Kier molecular flexibility index (Phi) is 4.65. The number of nitrogens with one attached hydrogen (secondary N) is 2. The molecule has 1 aliphatic heterocycles. The minimum absolute atomic E-state index is 0.0320. The van der Waals surface area contributed by atoms with Gasteiger partial charge in [0, 0.05) is 5.56 Å². The summed E-state index contributed by atoms with van der Waals surface area (Å²) in [5.41, 5.74) is -0.210. The third-order valence-corrected chi connectivity index (χ3v) is 4.49. The van der Waals surface area contributed by atoms with Gasteiger partial charge in [-0.1, -0.05) is 18.2 Å². The number of anilines is 1. The van der Waals surface area contributed by atoms with Crippen LogP contribution in [0.1, 0.15) is 16.6 Å². The molecule has 0 unspecified atom stereocenters. The number of carbonyl (C=O) groups excluding carboxylic acids is 1. The molecule has 4 atom stereocenters. The normalized spacial score (nSPS) is 24.5. The average Bonchev–Trinajstić information content (AvgIpc) is 3.24. The van der Waals surface area contributed by atoms with Gasteiger partial charge in [0.25, 0.3) is 11.5 Å². The third kappa shape index (κ3) is 3.05. The van der Waals surface area contributed by atoms with Crippen molar-refractivity contribution >= 4 is 23.0 Å². The number of ether oxygens (including phenoxy) is 1. The Morgan fingerprint density at radius 2 is 2.00 bits per heavy atom. The molecule has 1 amide bonds. The molecule has 5 N–H and O–H groups in total. The first-order valence-corrected chi connectivity index (χ1v) is 8.45. The van der Waals surface area contributed by atoms with Gasteiger partial charge in [0.2, 0.25) is 5.95 Å². The number of hydrogen-bond acceptors (Lipinski definition) is 8. The Morgan fingerprint density at radius 1 is 1.25 bits per heavy atom. The molecule has 0 bridgehead atoms. The number of aromatic nitrogens is 4. The predicted octanol–water partition coefficient (Wildman–Crippen LogP) is -1.02. The highest BCUT2D eigenvalue weighted by atomic mass is 16.6. The van der Waals surface area contributed by atoms with Gasteiger partial charge in [0.15, 0.2) is 17.4 Å². The van der Waals surface area contributed by atoms with E-state index in [4.69, 9.17) is 4.74 Å². The van der Waals surface area contributed by atoms with Crippen LogP contribution >= 0.6 is 0 Å². The molecule has 0 spiro atoms. The van der Waals surface area contributed by atoms with Crippen LogP contribution in [-0.2, 0) is 4.74 Å². The van der Waals surface area contributed by atoms with Crippen LogP contribution in [0.4, 0.5) is 5.95 Å². The van der Waals surface area contributed by atoms with E-state index in [2.05, 4.69) is 20.3 Å². The van der Waals surface area contributed by atoms with Gasteiger partial charge in [0.1, 0.15) is 18.3 Å². The van der Waals surface area contributed by atoms with E-state index in [9.17, 15) is 24.9 Å². The fraction of sp³-hybridized carbons (Fsp3) is 0.294. The maximum absolute atomic E-state index is 12.3. The van der Waals surface area contributed by atoms with Crippen LogP contribution in [0.2, 0.25) is 0 Å². The topological polar surface area (TPSA) is 163 Å². The average molecular weight is 387 g/mol. The van der Waals surface area contributed by atoms with Crippen molar-refractivity contribution in [2.24, 2.45) is 0 Å². The van der Waals surface area contributed by atoms with E-state index in [-0.39, 0.29) is 17.1 Å². The second-order valence-corrected chi connectivity index (χ2v) is 6.29. The summed E-state index contributed by atoms with van der Waals surface area (Å²) in [4.78, 5) is 35.2. The van der Waals surface area contributed by atoms with Crippen LogP contribution in [0.15, 0.2) is 41.5 Å². The molecule has 3 aromatic rings. The van der Waals surface area contributed by atoms with Crippen LogP contribution in [0, 0.1) is 0 Å². The van der Waals surface area contributed by atoms with Crippen molar-refractivity contribution in [3.05, 3.63) is 52.6 Å². The molecule has 28 heavy (non-hydrogen) atoms. The minimum atomic E-state index is -1.36. The zero-order valence-corrected chi connectivity index (χ0v) is 14.4. The van der Waals surface area contributed by atoms with Crippen molar-refractivity contribution in [2.45, 2.75) is 24.5 Å². The summed E-state index contributed by atoms with van der Waals surface area (Å²) >= 11 is 0. The quantitative estimate of drug-likeness (QED) is 0.380. The molecule has 3 heterocycles. The number of imidazole rings is 1. The Morgan fingerprint density at radius 3 is 2.68 bits per heavy atom. The summed E-state index contributed by atoms with van der Waals surface area (Å²) in [5.74, 6) is -0.582. The summed E-state index contributed by atoms with van der Waals surface area (Å²) in [5, 5.41) is 31.9. The second kappa shape index (κ2) is 7.13. The van der Waals surface area contributed by atoms with E-state index >= 15 is 0 Å². The number of amides is 1. The summed E-state index contributed by atoms with van der Waals surface area (Å²) in [6, 6.07) is 8.38. The molecule has 146 valence electrons. The lowest BCUT2D eigenvalue weighted by Gasteiger charge is -2.16. The molecule has 1 saturated heterocycles. The molecule has 0 radical (unpaired) electrons. The predicted molar refractivity (Wildman–Crippen MR) is 95.6 cm³/mol. The Hall–Kier alpha value is -3.12. The summed E-state index contributed by atoms with van der Waals surface area (Å²) in [6.45, 7) is -0.492. The molecule has 0 aliphatic carbocycles. The summed E-state index contributed by atoms with van der Waals surface area (Å²) in [6.07, 6.45) is -3.54. The number of aliphatic hydroxyl groups excluding tert-OH is 3. The number of carbonyl (C=O) groups is 1. The first-order valence-electron chi connectivity index (χ1n) is 8.45. The summed E-state index contributed by atoms with van der Waals surface area (Å²) in [7, 11) is 0. The van der Waals surface area contributed by atoms with E-state index in [1.807, 2.05) is 0 Å². The van der Waals surface area contributed by atoms with Gasteiger partial charge < -0.3 is 20.1 Å². The lowest BCUT2D eigenvalue weighted by molar-refractivity contribution is -0.0511. The zero-order chi connectivity index (χ0) is 19.8. The largest absolute Gasteiger partial charge is 0.394 e. The van der Waals surface area contributed by atoms with Crippen molar-refractivity contribution in [3.8, 4) is 0 Å².